The molecular formula is C34H25ClN2O5. The van der Waals surface area contributed by atoms with Gasteiger partial charge in [0, 0.05) is 22.5 Å². The summed E-state index contributed by atoms with van der Waals surface area (Å²) in [7, 11) is 0. The predicted molar refractivity (Wildman–Crippen MR) is 158 cm³/mol. The molecular weight excluding hydrogens is 552 g/mol. The number of hydrogen-bond acceptors (Lipinski definition) is 5. The summed E-state index contributed by atoms with van der Waals surface area (Å²) in [5.74, 6) is -3.01. The van der Waals surface area contributed by atoms with E-state index < -0.39 is 30.3 Å². The number of carbonyl (C=O) groups is 4. The van der Waals surface area contributed by atoms with Crippen molar-refractivity contribution in [2.24, 2.45) is 11.8 Å². The Kier molecular flexibility index (Phi) is 6.21. The van der Waals surface area contributed by atoms with E-state index in [-0.39, 0.29) is 29.2 Å². The molecule has 2 bridgehead atoms. The Morgan fingerprint density at radius 1 is 0.762 bits per heavy atom. The van der Waals surface area contributed by atoms with E-state index >= 15 is 0 Å². The molecule has 8 rings (SSSR count). The molecule has 1 aliphatic heterocycles. The Labute approximate surface area is 247 Å². The summed E-state index contributed by atoms with van der Waals surface area (Å²) in [6.45, 7) is 1.29. The summed E-state index contributed by atoms with van der Waals surface area (Å²) < 4.78 is 5.19. The lowest BCUT2D eigenvalue weighted by Gasteiger charge is -2.45. The number of benzene rings is 4. The molecule has 3 amide bonds. The molecule has 1 saturated heterocycles. The van der Waals surface area contributed by atoms with E-state index in [1.54, 1.807) is 37.3 Å². The van der Waals surface area contributed by atoms with Crippen molar-refractivity contribution in [3.63, 3.8) is 0 Å². The average Bonchev–Trinajstić information content (AvgIpc) is 3.28. The first-order chi connectivity index (χ1) is 20.3. The van der Waals surface area contributed by atoms with E-state index in [0.717, 1.165) is 22.3 Å². The lowest BCUT2D eigenvalue weighted by Crippen LogP contribution is -2.41. The lowest BCUT2D eigenvalue weighted by molar-refractivity contribution is -0.122. The molecule has 0 saturated carbocycles. The summed E-state index contributed by atoms with van der Waals surface area (Å²) in [6.07, 6.45) is 0. The number of rotatable bonds is 5. The van der Waals surface area contributed by atoms with Gasteiger partial charge in [0.25, 0.3) is 5.91 Å². The molecule has 4 aromatic rings. The molecule has 1 fully saturated rings. The molecule has 0 radical (unpaired) electrons. The zero-order chi connectivity index (χ0) is 29.1. The highest BCUT2D eigenvalue weighted by atomic mass is 35.5. The zero-order valence-electron chi connectivity index (χ0n) is 22.5. The minimum absolute atomic E-state index is 0.190. The van der Waals surface area contributed by atoms with Crippen molar-refractivity contribution in [1.82, 2.24) is 0 Å². The van der Waals surface area contributed by atoms with Gasteiger partial charge in [0.05, 0.1) is 23.1 Å². The maximum atomic E-state index is 13.9. The molecule has 2 atom stereocenters. The molecule has 1 heterocycles. The first kappa shape index (κ1) is 26.2. The standard InChI is InChI=1S/C34H25ClN2O5/c1-18-25(35)11-6-12-26(18)36-27(38)17-42-34(41)19-13-15-20(16-14-19)37-32(39)30-28-21-7-2-3-8-22(21)29(31(30)33(37)40)24-10-5-4-9-23(24)28/h2-16,28-31H,17H2,1H3,(H,36,38)/t28?,29?,30-,31-/m1/s1. The largest absolute Gasteiger partial charge is 0.452 e. The van der Waals surface area contributed by atoms with E-state index in [4.69, 9.17) is 16.3 Å². The van der Waals surface area contributed by atoms with Gasteiger partial charge in [0.2, 0.25) is 11.8 Å². The van der Waals surface area contributed by atoms with E-state index in [2.05, 4.69) is 29.6 Å². The van der Waals surface area contributed by atoms with Gasteiger partial charge < -0.3 is 10.1 Å². The van der Waals surface area contributed by atoms with Gasteiger partial charge in [-0.2, -0.15) is 0 Å². The highest BCUT2D eigenvalue weighted by molar-refractivity contribution is 6.31. The fourth-order valence-electron chi connectivity index (χ4n) is 6.82. The van der Waals surface area contributed by atoms with Crippen molar-refractivity contribution in [3.05, 3.63) is 129 Å². The van der Waals surface area contributed by atoms with Crippen molar-refractivity contribution in [1.29, 1.82) is 0 Å². The highest BCUT2D eigenvalue weighted by Gasteiger charge is 2.61. The predicted octanol–water partition coefficient (Wildman–Crippen LogP) is 5.84. The Morgan fingerprint density at radius 3 is 1.81 bits per heavy atom. The molecule has 42 heavy (non-hydrogen) atoms. The molecule has 0 spiro atoms. The molecule has 0 aromatic heterocycles. The first-order valence-corrected chi connectivity index (χ1v) is 14.1. The first-order valence-electron chi connectivity index (χ1n) is 13.7. The summed E-state index contributed by atoms with van der Waals surface area (Å²) in [5, 5.41) is 3.20. The van der Waals surface area contributed by atoms with Crippen molar-refractivity contribution >= 4 is 46.7 Å². The molecule has 3 aliphatic carbocycles. The van der Waals surface area contributed by atoms with Gasteiger partial charge in [0.1, 0.15) is 0 Å². The topological polar surface area (TPSA) is 92.8 Å². The second-order valence-corrected chi connectivity index (χ2v) is 11.3. The van der Waals surface area contributed by atoms with Crippen LogP contribution in [0.5, 0.6) is 0 Å². The Hall–Kier alpha value is -4.75. The summed E-state index contributed by atoms with van der Waals surface area (Å²) >= 11 is 6.10. The number of hydrogen-bond donors (Lipinski definition) is 1. The minimum Gasteiger partial charge on any atom is -0.452 e. The van der Waals surface area contributed by atoms with Crippen LogP contribution < -0.4 is 10.2 Å². The Bertz CT molecular complexity index is 1680. The molecule has 0 unspecified atom stereocenters. The molecule has 8 heteroatoms. The number of nitrogens with zero attached hydrogens (tertiary/aromatic N) is 1. The van der Waals surface area contributed by atoms with E-state index in [1.807, 2.05) is 24.3 Å². The van der Waals surface area contributed by atoms with Crippen LogP contribution in [0.4, 0.5) is 11.4 Å². The average molecular weight is 577 g/mol. The third-order valence-electron chi connectivity index (χ3n) is 8.69. The number of carbonyl (C=O) groups excluding carboxylic acids is 4. The van der Waals surface area contributed by atoms with Crippen LogP contribution in [0.1, 0.15) is 50.0 Å². The van der Waals surface area contributed by atoms with Gasteiger partial charge in [-0.25, -0.2) is 9.69 Å². The van der Waals surface area contributed by atoms with Crippen LogP contribution >= 0.6 is 11.6 Å². The van der Waals surface area contributed by atoms with Crippen LogP contribution in [0.25, 0.3) is 0 Å². The monoisotopic (exact) mass is 576 g/mol. The summed E-state index contributed by atoms with van der Waals surface area (Å²) in [4.78, 5) is 54.1. The lowest BCUT2D eigenvalue weighted by atomic mass is 9.55. The smallest absolute Gasteiger partial charge is 0.338 e. The van der Waals surface area contributed by atoms with Crippen molar-refractivity contribution < 1.29 is 23.9 Å². The number of imide groups is 1. The molecule has 1 N–H and O–H groups in total. The quantitative estimate of drug-likeness (QED) is 0.238. The fraction of sp³-hybridized carbons (Fsp3) is 0.176. The van der Waals surface area contributed by atoms with Crippen LogP contribution in [0, 0.1) is 18.8 Å². The number of esters is 1. The molecule has 4 aliphatic rings. The zero-order valence-corrected chi connectivity index (χ0v) is 23.3. The van der Waals surface area contributed by atoms with Crippen LogP contribution in [0.3, 0.4) is 0 Å². The van der Waals surface area contributed by atoms with E-state index in [9.17, 15) is 19.2 Å². The molecule has 7 nitrogen and oxygen atoms in total. The molecule has 4 aromatic carbocycles. The number of nitrogens with one attached hydrogen (secondary N) is 1. The number of amides is 3. The van der Waals surface area contributed by atoms with Crippen LogP contribution in [0.15, 0.2) is 91.0 Å². The molecule has 208 valence electrons. The third-order valence-corrected chi connectivity index (χ3v) is 9.10. The van der Waals surface area contributed by atoms with Gasteiger partial charge in [0.15, 0.2) is 6.61 Å². The van der Waals surface area contributed by atoms with Gasteiger partial charge in [-0.1, -0.05) is 66.2 Å². The number of anilines is 2. The van der Waals surface area contributed by atoms with Gasteiger partial charge in [-0.15, -0.1) is 0 Å². The summed E-state index contributed by atoms with van der Waals surface area (Å²) in [5.41, 5.74) is 6.28. The fourth-order valence-corrected chi connectivity index (χ4v) is 7.00. The maximum Gasteiger partial charge on any atom is 0.338 e. The Morgan fingerprint density at radius 2 is 1.29 bits per heavy atom. The second-order valence-electron chi connectivity index (χ2n) is 10.9. The van der Waals surface area contributed by atoms with Crippen molar-refractivity contribution in [3.8, 4) is 0 Å². The SMILES string of the molecule is Cc1c(Cl)cccc1NC(=O)COC(=O)c1ccc(N2C(=O)[C@@H]3C4c5ccccc5C(c5ccccc54)[C@H]3C2=O)cc1. The van der Waals surface area contributed by atoms with Crippen molar-refractivity contribution in [2.75, 3.05) is 16.8 Å². The van der Waals surface area contributed by atoms with E-state index in [0.29, 0.717) is 22.0 Å². The normalized spacial score (nSPS) is 21.4. The maximum absolute atomic E-state index is 13.9. The summed E-state index contributed by atoms with van der Waals surface area (Å²) in [6, 6.07) is 27.5. The third kappa shape index (κ3) is 3.96. The van der Waals surface area contributed by atoms with Gasteiger partial charge in [-0.3, -0.25) is 14.4 Å². The van der Waals surface area contributed by atoms with Crippen molar-refractivity contribution in [2.45, 2.75) is 18.8 Å². The second kappa shape index (κ2) is 9.96. The van der Waals surface area contributed by atoms with Crippen LogP contribution in [-0.4, -0.2) is 30.3 Å². The van der Waals surface area contributed by atoms with Gasteiger partial charge >= 0.3 is 5.97 Å². The number of ether oxygens (including phenoxy) is 1. The minimum atomic E-state index is -0.698. The Balaban J connectivity index is 1.09. The number of halogens is 1. The highest BCUT2D eigenvalue weighted by Crippen LogP contribution is 2.61. The van der Waals surface area contributed by atoms with Gasteiger partial charge in [-0.05, 0) is 71.1 Å². The van der Waals surface area contributed by atoms with E-state index in [1.165, 1.54) is 17.0 Å². The van der Waals surface area contributed by atoms with Crippen LogP contribution in [-0.2, 0) is 19.1 Å². The van der Waals surface area contributed by atoms with Crippen LogP contribution in [0.2, 0.25) is 5.02 Å².